The zero-order valence-electron chi connectivity index (χ0n) is 13.2. The van der Waals surface area contributed by atoms with Gasteiger partial charge in [-0.15, -0.1) is 35.3 Å². The fourth-order valence-electron chi connectivity index (χ4n) is 2.51. The number of hydrogen-bond acceptors (Lipinski definition) is 3. The van der Waals surface area contributed by atoms with Gasteiger partial charge >= 0.3 is 0 Å². The van der Waals surface area contributed by atoms with Gasteiger partial charge in [0.1, 0.15) is 0 Å². The third-order valence-electron chi connectivity index (χ3n) is 3.84. The van der Waals surface area contributed by atoms with E-state index in [1.54, 1.807) is 11.3 Å². The number of nitrogens with one attached hydrogen (secondary N) is 1. The number of hydrogen-bond donors (Lipinski definition) is 1. The first-order valence-corrected chi connectivity index (χ1v) is 8.62. The maximum atomic E-state index is 5.95. The van der Waals surface area contributed by atoms with Gasteiger partial charge in [0, 0.05) is 38.7 Å². The summed E-state index contributed by atoms with van der Waals surface area (Å²) in [7, 11) is 3.92. The van der Waals surface area contributed by atoms with E-state index in [0.717, 1.165) is 42.5 Å². The highest BCUT2D eigenvalue weighted by Crippen LogP contribution is 2.21. The number of nitrogens with zero attached hydrogens (tertiary/aromatic N) is 2. The number of aliphatic imine (C=N–C) groups is 1. The van der Waals surface area contributed by atoms with Gasteiger partial charge in [0.25, 0.3) is 0 Å². The predicted octanol–water partition coefficient (Wildman–Crippen LogP) is 3.84. The highest BCUT2D eigenvalue weighted by atomic mass is 127. The van der Waals surface area contributed by atoms with Gasteiger partial charge in [0.15, 0.2) is 5.96 Å². The topological polar surface area (TPSA) is 36.9 Å². The van der Waals surface area contributed by atoms with Gasteiger partial charge < -0.3 is 15.0 Å². The van der Waals surface area contributed by atoms with Crippen LogP contribution in [0.4, 0.5) is 0 Å². The van der Waals surface area contributed by atoms with Gasteiger partial charge in [-0.1, -0.05) is 11.6 Å². The number of halogens is 2. The van der Waals surface area contributed by atoms with Crippen molar-refractivity contribution in [3.05, 3.63) is 21.3 Å². The number of rotatable bonds is 5. The van der Waals surface area contributed by atoms with Crippen LogP contribution in [0.3, 0.4) is 0 Å². The summed E-state index contributed by atoms with van der Waals surface area (Å²) in [4.78, 5) is 7.77. The molecule has 4 nitrogen and oxygen atoms in total. The maximum Gasteiger partial charge on any atom is 0.193 e. The molecular formula is C15H25ClIN3OS. The molecule has 1 aromatic rings. The molecule has 0 unspecified atom stereocenters. The highest BCUT2D eigenvalue weighted by Gasteiger charge is 2.15. The molecule has 1 aliphatic rings. The van der Waals surface area contributed by atoms with Crippen LogP contribution in [-0.4, -0.2) is 44.7 Å². The summed E-state index contributed by atoms with van der Waals surface area (Å²) in [6.07, 6.45) is 3.58. The van der Waals surface area contributed by atoms with Gasteiger partial charge in [0.05, 0.1) is 10.9 Å². The number of ether oxygens (including phenoxy) is 1. The van der Waals surface area contributed by atoms with E-state index in [1.807, 2.05) is 13.1 Å². The average molecular weight is 458 g/mol. The largest absolute Gasteiger partial charge is 0.381 e. The molecule has 0 aliphatic carbocycles. The Morgan fingerprint density at radius 3 is 2.77 bits per heavy atom. The van der Waals surface area contributed by atoms with Crippen molar-refractivity contribution in [3.8, 4) is 0 Å². The van der Waals surface area contributed by atoms with E-state index in [0.29, 0.717) is 0 Å². The van der Waals surface area contributed by atoms with Crippen molar-refractivity contribution >= 4 is 52.9 Å². The van der Waals surface area contributed by atoms with Crippen LogP contribution in [0.5, 0.6) is 0 Å². The standard InChI is InChI=1S/C15H24ClN3OS.HI/c1-17-15(18-11-13-3-4-14(16)21-13)19(2)8-5-12-6-9-20-10-7-12;/h3-4,12H,5-11H2,1-2H3,(H,17,18);1H. The van der Waals surface area contributed by atoms with Gasteiger partial charge in [0.2, 0.25) is 0 Å². The summed E-state index contributed by atoms with van der Waals surface area (Å²) in [6.45, 7) is 3.63. The number of thiophene rings is 1. The van der Waals surface area contributed by atoms with E-state index in [2.05, 4.69) is 28.3 Å². The molecule has 0 saturated carbocycles. The maximum absolute atomic E-state index is 5.95. The van der Waals surface area contributed by atoms with E-state index in [1.165, 1.54) is 24.1 Å². The van der Waals surface area contributed by atoms with Crippen LogP contribution in [-0.2, 0) is 11.3 Å². The van der Waals surface area contributed by atoms with Crippen molar-refractivity contribution in [2.75, 3.05) is 33.9 Å². The Kier molecular flexibility index (Phi) is 9.70. The molecule has 0 atom stereocenters. The molecule has 1 N–H and O–H groups in total. The second-order valence-corrected chi connectivity index (χ2v) is 7.17. The van der Waals surface area contributed by atoms with E-state index >= 15 is 0 Å². The molecule has 7 heteroatoms. The molecule has 1 aliphatic heterocycles. The molecule has 0 spiro atoms. The summed E-state index contributed by atoms with van der Waals surface area (Å²) >= 11 is 7.55. The molecule has 22 heavy (non-hydrogen) atoms. The van der Waals surface area contributed by atoms with Crippen molar-refractivity contribution in [1.82, 2.24) is 10.2 Å². The van der Waals surface area contributed by atoms with E-state index in [4.69, 9.17) is 16.3 Å². The first kappa shape index (κ1) is 20.0. The van der Waals surface area contributed by atoms with Crippen LogP contribution in [0, 0.1) is 5.92 Å². The Bertz CT molecular complexity index is 463. The van der Waals surface area contributed by atoms with Crippen LogP contribution in [0.2, 0.25) is 4.34 Å². The summed E-state index contributed by atoms with van der Waals surface area (Å²) < 4.78 is 6.23. The molecule has 0 radical (unpaired) electrons. The van der Waals surface area contributed by atoms with Crippen molar-refractivity contribution in [3.63, 3.8) is 0 Å². The quantitative estimate of drug-likeness (QED) is 0.415. The van der Waals surface area contributed by atoms with Crippen LogP contribution in [0.15, 0.2) is 17.1 Å². The summed E-state index contributed by atoms with van der Waals surface area (Å²) in [5.41, 5.74) is 0. The zero-order valence-corrected chi connectivity index (χ0v) is 17.1. The molecular weight excluding hydrogens is 433 g/mol. The lowest BCUT2D eigenvalue weighted by Gasteiger charge is -2.26. The average Bonchev–Trinajstić information content (AvgIpc) is 2.92. The fraction of sp³-hybridized carbons (Fsp3) is 0.667. The van der Waals surface area contributed by atoms with Gasteiger partial charge in [-0.25, -0.2) is 0 Å². The lowest BCUT2D eigenvalue weighted by molar-refractivity contribution is 0.0625. The normalized spacial score (nSPS) is 16.2. The predicted molar refractivity (Wildman–Crippen MR) is 106 cm³/mol. The van der Waals surface area contributed by atoms with Crippen molar-refractivity contribution in [2.45, 2.75) is 25.8 Å². The minimum atomic E-state index is 0. The Balaban J connectivity index is 0.00000242. The molecule has 1 fully saturated rings. The molecule has 1 aromatic heterocycles. The zero-order chi connectivity index (χ0) is 15.1. The minimum Gasteiger partial charge on any atom is -0.381 e. The summed E-state index contributed by atoms with van der Waals surface area (Å²) in [5.74, 6) is 1.72. The Labute approximate surface area is 159 Å². The van der Waals surface area contributed by atoms with E-state index < -0.39 is 0 Å². The molecule has 126 valence electrons. The smallest absolute Gasteiger partial charge is 0.193 e. The lowest BCUT2D eigenvalue weighted by atomic mass is 9.96. The summed E-state index contributed by atoms with van der Waals surface area (Å²) in [6, 6.07) is 3.98. The molecule has 1 saturated heterocycles. The highest BCUT2D eigenvalue weighted by molar-refractivity contribution is 14.0. The Hall–Kier alpha value is -0.0500. The lowest BCUT2D eigenvalue weighted by Crippen LogP contribution is -2.39. The van der Waals surface area contributed by atoms with E-state index in [9.17, 15) is 0 Å². The van der Waals surface area contributed by atoms with Crippen LogP contribution < -0.4 is 5.32 Å². The second-order valence-electron chi connectivity index (χ2n) is 5.37. The molecule has 2 rings (SSSR count). The van der Waals surface area contributed by atoms with Crippen molar-refractivity contribution in [2.24, 2.45) is 10.9 Å². The molecule has 0 bridgehead atoms. The molecule has 0 aromatic carbocycles. The molecule has 2 heterocycles. The monoisotopic (exact) mass is 457 g/mol. The van der Waals surface area contributed by atoms with E-state index in [-0.39, 0.29) is 24.0 Å². The first-order valence-electron chi connectivity index (χ1n) is 7.42. The second kappa shape index (κ2) is 10.7. The fourth-order valence-corrected chi connectivity index (χ4v) is 3.54. The van der Waals surface area contributed by atoms with Gasteiger partial charge in [-0.05, 0) is 37.3 Å². The minimum absolute atomic E-state index is 0. The third kappa shape index (κ3) is 6.60. The van der Waals surface area contributed by atoms with Crippen LogP contribution in [0.25, 0.3) is 0 Å². The molecule has 0 amide bonds. The van der Waals surface area contributed by atoms with Crippen molar-refractivity contribution in [1.29, 1.82) is 0 Å². The van der Waals surface area contributed by atoms with Gasteiger partial charge in [-0.2, -0.15) is 0 Å². The van der Waals surface area contributed by atoms with Crippen LogP contribution in [0.1, 0.15) is 24.1 Å². The van der Waals surface area contributed by atoms with Crippen LogP contribution >= 0.6 is 46.9 Å². The first-order chi connectivity index (χ1) is 10.2. The van der Waals surface area contributed by atoms with Gasteiger partial charge in [-0.3, -0.25) is 4.99 Å². The summed E-state index contributed by atoms with van der Waals surface area (Å²) in [5, 5.41) is 3.39. The SMILES string of the molecule is CN=C(NCc1ccc(Cl)s1)N(C)CCC1CCOCC1.I. The third-order valence-corrected chi connectivity index (χ3v) is 5.07. The number of guanidine groups is 1. The van der Waals surface area contributed by atoms with Crippen molar-refractivity contribution < 1.29 is 4.74 Å². The Morgan fingerprint density at radius 1 is 1.45 bits per heavy atom. The Morgan fingerprint density at radius 2 is 2.18 bits per heavy atom.